The van der Waals surface area contributed by atoms with Crippen LogP contribution in [0.25, 0.3) is 16.6 Å². The number of benzene rings is 1. The molecule has 20 heavy (non-hydrogen) atoms. The molecule has 7 nitrogen and oxygen atoms in total. The number of nitrogens with zero attached hydrogens (tertiary/aromatic N) is 4. The van der Waals surface area contributed by atoms with Crippen molar-refractivity contribution in [1.29, 1.82) is 0 Å². The number of fused-ring (bicyclic) bond motifs is 1. The molecule has 0 atom stereocenters. The molecule has 0 aliphatic carbocycles. The number of hydrogen-bond acceptors (Lipinski definition) is 6. The Balaban J connectivity index is 2.17. The molecule has 0 radical (unpaired) electrons. The van der Waals surface area contributed by atoms with Gasteiger partial charge in [0.1, 0.15) is 6.33 Å². The lowest BCUT2D eigenvalue weighted by Crippen LogP contribution is -2.05. The Bertz CT molecular complexity index is 796. The summed E-state index contributed by atoms with van der Waals surface area (Å²) in [5.74, 6) is -0.593. The Kier molecular flexibility index (Phi) is 2.79. The highest BCUT2D eigenvalue weighted by Gasteiger charge is 2.14. The van der Waals surface area contributed by atoms with Crippen molar-refractivity contribution >= 4 is 22.6 Å². The van der Waals surface area contributed by atoms with E-state index in [2.05, 4.69) is 19.8 Å². The fourth-order valence-corrected chi connectivity index (χ4v) is 1.93. The van der Waals surface area contributed by atoms with Gasteiger partial charge in [-0.1, -0.05) is 0 Å². The Hall–Kier alpha value is -2.96. The highest BCUT2D eigenvalue weighted by molar-refractivity contribution is 5.95. The van der Waals surface area contributed by atoms with E-state index in [0.29, 0.717) is 16.9 Å². The topological polar surface area (TPSA) is 95.9 Å². The van der Waals surface area contributed by atoms with Gasteiger partial charge >= 0.3 is 5.97 Å². The Labute approximate surface area is 114 Å². The van der Waals surface area contributed by atoms with Crippen LogP contribution in [0, 0.1) is 0 Å². The highest BCUT2D eigenvalue weighted by atomic mass is 16.5. The first-order valence-corrected chi connectivity index (χ1v) is 5.84. The van der Waals surface area contributed by atoms with Crippen LogP contribution in [-0.4, -0.2) is 32.8 Å². The van der Waals surface area contributed by atoms with E-state index < -0.39 is 5.97 Å². The second-order valence-corrected chi connectivity index (χ2v) is 4.08. The van der Waals surface area contributed by atoms with E-state index in [4.69, 9.17) is 5.73 Å². The van der Waals surface area contributed by atoms with Gasteiger partial charge in [0.05, 0.1) is 18.3 Å². The number of carbonyl (C=O) groups excluding carboxylic acids is 1. The van der Waals surface area contributed by atoms with Crippen LogP contribution in [0.4, 0.5) is 5.69 Å². The lowest BCUT2D eigenvalue weighted by Gasteiger charge is -2.06. The summed E-state index contributed by atoms with van der Waals surface area (Å²) in [4.78, 5) is 19.6. The molecule has 100 valence electrons. The highest BCUT2D eigenvalue weighted by Crippen LogP contribution is 2.24. The third-order valence-corrected chi connectivity index (χ3v) is 2.89. The van der Waals surface area contributed by atoms with E-state index in [0.717, 1.165) is 5.39 Å². The smallest absolute Gasteiger partial charge is 0.377 e. The Morgan fingerprint density at radius 1 is 1.30 bits per heavy atom. The predicted molar refractivity (Wildman–Crippen MR) is 72.4 cm³/mol. The number of methoxy groups -OCH3 is 1. The minimum absolute atomic E-state index is 0.00611. The van der Waals surface area contributed by atoms with E-state index in [1.54, 1.807) is 18.3 Å². The van der Waals surface area contributed by atoms with Crippen molar-refractivity contribution in [3.05, 3.63) is 42.6 Å². The molecular weight excluding hydrogens is 258 g/mol. The standard InChI is InChI=1S/C13H11N5O2/c1-20-13(19)12-16-7-18(17-12)10-5-4-9(14)8-3-2-6-15-11(8)10/h2-7H,14H2,1H3. The van der Waals surface area contributed by atoms with Crippen LogP contribution in [0.2, 0.25) is 0 Å². The van der Waals surface area contributed by atoms with Gasteiger partial charge < -0.3 is 10.5 Å². The summed E-state index contributed by atoms with van der Waals surface area (Å²) in [5.41, 5.74) is 7.93. The van der Waals surface area contributed by atoms with Crippen LogP contribution in [0.15, 0.2) is 36.8 Å². The van der Waals surface area contributed by atoms with Gasteiger partial charge in [-0.25, -0.2) is 14.5 Å². The third kappa shape index (κ3) is 1.85. The molecule has 0 unspecified atom stereocenters. The zero-order valence-electron chi connectivity index (χ0n) is 10.6. The summed E-state index contributed by atoms with van der Waals surface area (Å²) < 4.78 is 6.05. The molecule has 0 spiro atoms. The number of aromatic nitrogens is 4. The van der Waals surface area contributed by atoms with Crippen LogP contribution < -0.4 is 5.73 Å². The third-order valence-electron chi connectivity index (χ3n) is 2.89. The number of pyridine rings is 1. The quantitative estimate of drug-likeness (QED) is 0.554. The van der Waals surface area contributed by atoms with Gasteiger partial charge in [-0.05, 0) is 24.3 Å². The molecule has 2 heterocycles. The summed E-state index contributed by atoms with van der Waals surface area (Å²) in [6.45, 7) is 0. The number of esters is 1. The molecule has 7 heteroatoms. The molecule has 0 aliphatic rings. The Morgan fingerprint density at radius 2 is 2.15 bits per heavy atom. The van der Waals surface area contributed by atoms with E-state index in [-0.39, 0.29) is 5.82 Å². The number of rotatable bonds is 2. The number of ether oxygens (including phenoxy) is 1. The average Bonchev–Trinajstić information content (AvgIpc) is 2.97. The fourth-order valence-electron chi connectivity index (χ4n) is 1.93. The fraction of sp³-hybridized carbons (Fsp3) is 0.0769. The summed E-state index contributed by atoms with van der Waals surface area (Å²) in [5, 5.41) is 4.90. The van der Waals surface area contributed by atoms with Gasteiger partial charge in [0.25, 0.3) is 5.82 Å². The molecule has 0 aliphatic heterocycles. The van der Waals surface area contributed by atoms with Crippen LogP contribution in [-0.2, 0) is 4.74 Å². The second-order valence-electron chi connectivity index (χ2n) is 4.08. The second kappa shape index (κ2) is 4.61. The van der Waals surface area contributed by atoms with Crippen molar-refractivity contribution in [3.8, 4) is 5.69 Å². The largest absolute Gasteiger partial charge is 0.463 e. The van der Waals surface area contributed by atoms with Crippen molar-refractivity contribution in [2.75, 3.05) is 12.8 Å². The van der Waals surface area contributed by atoms with Crippen LogP contribution in [0.1, 0.15) is 10.6 Å². The molecule has 0 amide bonds. The zero-order valence-corrected chi connectivity index (χ0v) is 10.6. The molecule has 3 rings (SSSR count). The van der Waals surface area contributed by atoms with Gasteiger partial charge in [-0.2, -0.15) is 0 Å². The van der Waals surface area contributed by atoms with Crippen molar-refractivity contribution in [2.24, 2.45) is 0 Å². The monoisotopic (exact) mass is 269 g/mol. The molecule has 0 saturated carbocycles. The first kappa shape index (κ1) is 12.1. The average molecular weight is 269 g/mol. The van der Waals surface area contributed by atoms with E-state index >= 15 is 0 Å². The van der Waals surface area contributed by atoms with Crippen LogP contribution in [0.5, 0.6) is 0 Å². The van der Waals surface area contributed by atoms with E-state index in [1.165, 1.54) is 18.1 Å². The molecular formula is C13H11N5O2. The number of carbonyl (C=O) groups is 1. The maximum atomic E-state index is 11.4. The lowest BCUT2D eigenvalue weighted by atomic mass is 10.1. The molecule has 1 aromatic carbocycles. The van der Waals surface area contributed by atoms with Crippen molar-refractivity contribution in [1.82, 2.24) is 19.7 Å². The SMILES string of the molecule is COC(=O)c1ncn(-c2ccc(N)c3cccnc23)n1. The summed E-state index contributed by atoms with van der Waals surface area (Å²) in [6.07, 6.45) is 3.11. The van der Waals surface area contributed by atoms with Crippen molar-refractivity contribution in [2.45, 2.75) is 0 Å². The number of anilines is 1. The molecule has 2 aromatic heterocycles. The number of hydrogen-bond donors (Lipinski definition) is 1. The van der Waals surface area contributed by atoms with Crippen LogP contribution >= 0.6 is 0 Å². The number of nitrogen functional groups attached to an aromatic ring is 1. The van der Waals surface area contributed by atoms with Gasteiger partial charge in [0.15, 0.2) is 0 Å². The van der Waals surface area contributed by atoms with E-state index in [1.807, 2.05) is 12.1 Å². The maximum Gasteiger partial charge on any atom is 0.377 e. The van der Waals surface area contributed by atoms with E-state index in [9.17, 15) is 4.79 Å². The van der Waals surface area contributed by atoms with Gasteiger partial charge in [0.2, 0.25) is 0 Å². The van der Waals surface area contributed by atoms with Gasteiger partial charge in [0, 0.05) is 17.3 Å². The Morgan fingerprint density at radius 3 is 2.95 bits per heavy atom. The molecule has 3 aromatic rings. The summed E-state index contributed by atoms with van der Waals surface area (Å²) >= 11 is 0. The van der Waals surface area contributed by atoms with Gasteiger partial charge in [-0.15, -0.1) is 5.10 Å². The predicted octanol–water partition coefficient (Wildman–Crippen LogP) is 1.18. The molecule has 0 bridgehead atoms. The van der Waals surface area contributed by atoms with Gasteiger partial charge in [-0.3, -0.25) is 4.98 Å². The maximum absolute atomic E-state index is 11.4. The van der Waals surface area contributed by atoms with Crippen molar-refractivity contribution in [3.63, 3.8) is 0 Å². The normalized spacial score (nSPS) is 10.7. The van der Waals surface area contributed by atoms with Crippen LogP contribution in [0.3, 0.4) is 0 Å². The molecule has 0 fully saturated rings. The lowest BCUT2D eigenvalue weighted by molar-refractivity contribution is 0.0587. The number of nitrogens with two attached hydrogens (primary N) is 1. The first-order valence-electron chi connectivity index (χ1n) is 5.84. The zero-order chi connectivity index (χ0) is 14.1. The minimum Gasteiger partial charge on any atom is -0.463 e. The first-order chi connectivity index (χ1) is 9.70. The summed E-state index contributed by atoms with van der Waals surface area (Å²) in [7, 11) is 1.28. The summed E-state index contributed by atoms with van der Waals surface area (Å²) in [6, 6.07) is 7.22. The molecule has 2 N–H and O–H groups in total. The molecule has 0 saturated heterocycles. The minimum atomic E-state index is -0.587. The van der Waals surface area contributed by atoms with Crippen molar-refractivity contribution < 1.29 is 9.53 Å².